The van der Waals surface area contributed by atoms with Crippen LogP contribution in [0, 0.1) is 0 Å². The van der Waals surface area contributed by atoms with Gasteiger partial charge in [0.05, 0.1) is 23.6 Å². The third-order valence-electron chi connectivity index (χ3n) is 3.44. The standard InChI is InChI=1S/C15H22ClN3O2/c1-10-8-19(9-11(2)21-10)6-5-15(20)18-14-7-12(16)3-4-13(14)17/h3-4,7,10-11H,5-6,8-9,17H2,1-2H3,(H,18,20). The Labute approximate surface area is 130 Å². The molecule has 1 aliphatic rings. The van der Waals surface area contributed by atoms with Gasteiger partial charge >= 0.3 is 0 Å². The molecule has 21 heavy (non-hydrogen) atoms. The van der Waals surface area contributed by atoms with E-state index in [2.05, 4.69) is 24.1 Å². The van der Waals surface area contributed by atoms with Crippen molar-refractivity contribution < 1.29 is 9.53 Å². The lowest BCUT2D eigenvalue weighted by atomic mass is 10.2. The second-order valence-electron chi connectivity index (χ2n) is 5.55. The molecule has 1 aromatic carbocycles. The van der Waals surface area contributed by atoms with E-state index in [0.717, 1.165) is 13.1 Å². The van der Waals surface area contributed by atoms with Gasteiger partial charge in [0, 0.05) is 31.1 Å². The predicted octanol–water partition coefficient (Wildman–Crippen LogP) is 2.36. The number of ether oxygens (including phenoxy) is 1. The Balaban J connectivity index is 1.83. The summed E-state index contributed by atoms with van der Waals surface area (Å²) < 4.78 is 5.67. The Morgan fingerprint density at radius 1 is 1.43 bits per heavy atom. The zero-order valence-electron chi connectivity index (χ0n) is 12.4. The number of hydrogen-bond acceptors (Lipinski definition) is 4. The topological polar surface area (TPSA) is 67.6 Å². The van der Waals surface area contributed by atoms with Crippen molar-refractivity contribution in [2.75, 3.05) is 30.7 Å². The number of benzene rings is 1. The van der Waals surface area contributed by atoms with E-state index in [1.54, 1.807) is 18.2 Å². The number of hydrogen-bond donors (Lipinski definition) is 2. The SMILES string of the molecule is CC1CN(CCC(=O)Nc2cc(Cl)ccc2N)CC(C)O1. The Hall–Kier alpha value is -1.30. The van der Waals surface area contributed by atoms with Crippen LogP contribution in [0.25, 0.3) is 0 Å². The van der Waals surface area contributed by atoms with Crippen LogP contribution in [0.15, 0.2) is 18.2 Å². The minimum atomic E-state index is -0.0595. The molecule has 1 amide bonds. The molecular weight excluding hydrogens is 290 g/mol. The minimum absolute atomic E-state index is 0.0595. The molecule has 116 valence electrons. The Kier molecular flexibility index (Phi) is 5.45. The number of carbonyl (C=O) groups excluding carboxylic acids is 1. The molecular formula is C15H22ClN3O2. The largest absolute Gasteiger partial charge is 0.397 e. The van der Waals surface area contributed by atoms with Gasteiger partial charge in [-0.25, -0.2) is 0 Å². The van der Waals surface area contributed by atoms with Gasteiger partial charge < -0.3 is 15.8 Å². The molecule has 1 aliphatic heterocycles. The summed E-state index contributed by atoms with van der Waals surface area (Å²) >= 11 is 5.90. The van der Waals surface area contributed by atoms with Crippen molar-refractivity contribution in [1.82, 2.24) is 4.90 Å². The first-order valence-corrected chi connectivity index (χ1v) is 7.54. The predicted molar refractivity (Wildman–Crippen MR) is 85.6 cm³/mol. The van der Waals surface area contributed by atoms with E-state index < -0.39 is 0 Å². The number of nitrogens with two attached hydrogens (primary N) is 1. The van der Waals surface area contributed by atoms with Gasteiger partial charge in [-0.05, 0) is 32.0 Å². The molecule has 1 fully saturated rings. The van der Waals surface area contributed by atoms with Gasteiger partial charge in [-0.1, -0.05) is 11.6 Å². The summed E-state index contributed by atoms with van der Waals surface area (Å²) in [7, 11) is 0. The lowest BCUT2D eigenvalue weighted by Crippen LogP contribution is -2.46. The van der Waals surface area contributed by atoms with E-state index in [0.29, 0.717) is 29.4 Å². The second-order valence-corrected chi connectivity index (χ2v) is 5.98. The molecule has 0 radical (unpaired) electrons. The van der Waals surface area contributed by atoms with Crippen molar-refractivity contribution in [3.63, 3.8) is 0 Å². The summed E-state index contributed by atoms with van der Waals surface area (Å²) in [6.07, 6.45) is 0.839. The lowest BCUT2D eigenvalue weighted by molar-refractivity contribution is -0.117. The molecule has 6 heteroatoms. The maximum atomic E-state index is 12.0. The highest BCUT2D eigenvalue weighted by atomic mass is 35.5. The molecule has 1 aromatic rings. The van der Waals surface area contributed by atoms with Crippen LogP contribution in [0.1, 0.15) is 20.3 Å². The van der Waals surface area contributed by atoms with Crippen LogP contribution in [0.4, 0.5) is 11.4 Å². The zero-order valence-corrected chi connectivity index (χ0v) is 13.2. The number of amides is 1. The maximum absolute atomic E-state index is 12.0. The van der Waals surface area contributed by atoms with Gasteiger partial charge in [0.25, 0.3) is 0 Å². The number of nitrogen functional groups attached to an aromatic ring is 1. The van der Waals surface area contributed by atoms with Crippen molar-refractivity contribution in [2.45, 2.75) is 32.5 Å². The van der Waals surface area contributed by atoms with Crippen LogP contribution in [-0.4, -0.2) is 42.6 Å². The van der Waals surface area contributed by atoms with Crippen LogP contribution in [-0.2, 0) is 9.53 Å². The summed E-state index contributed by atoms with van der Waals surface area (Å²) in [5.74, 6) is -0.0595. The van der Waals surface area contributed by atoms with E-state index >= 15 is 0 Å². The van der Waals surface area contributed by atoms with Crippen molar-refractivity contribution in [3.05, 3.63) is 23.2 Å². The number of carbonyl (C=O) groups is 1. The van der Waals surface area contributed by atoms with E-state index in [1.165, 1.54) is 0 Å². The Morgan fingerprint density at radius 2 is 2.10 bits per heavy atom. The Bertz CT molecular complexity index is 500. The normalized spacial score (nSPS) is 23.0. The zero-order chi connectivity index (χ0) is 15.4. The molecule has 0 spiro atoms. The molecule has 0 aliphatic carbocycles. The summed E-state index contributed by atoms with van der Waals surface area (Å²) in [6.45, 7) is 6.53. The summed E-state index contributed by atoms with van der Waals surface area (Å²) in [5, 5.41) is 3.36. The highest BCUT2D eigenvalue weighted by Crippen LogP contribution is 2.23. The molecule has 2 unspecified atom stereocenters. The number of rotatable bonds is 4. The monoisotopic (exact) mass is 311 g/mol. The van der Waals surface area contributed by atoms with Crippen molar-refractivity contribution in [2.24, 2.45) is 0 Å². The fraction of sp³-hybridized carbons (Fsp3) is 0.533. The van der Waals surface area contributed by atoms with Crippen molar-refractivity contribution >= 4 is 28.9 Å². The Morgan fingerprint density at radius 3 is 2.76 bits per heavy atom. The van der Waals surface area contributed by atoms with Crippen LogP contribution >= 0.6 is 11.6 Å². The van der Waals surface area contributed by atoms with E-state index in [9.17, 15) is 4.79 Å². The van der Waals surface area contributed by atoms with Crippen LogP contribution < -0.4 is 11.1 Å². The van der Waals surface area contributed by atoms with E-state index in [4.69, 9.17) is 22.1 Å². The summed E-state index contributed by atoms with van der Waals surface area (Å²) in [6, 6.07) is 5.04. The van der Waals surface area contributed by atoms with Crippen LogP contribution in [0.2, 0.25) is 5.02 Å². The number of nitrogens with one attached hydrogen (secondary N) is 1. The van der Waals surface area contributed by atoms with Gasteiger partial charge in [0.2, 0.25) is 5.91 Å². The van der Waals surface area contributed by atoms with Crippen LogP contribution in [0.3, 0.4) is 0 Å². The third kappa shape index (κ3) is 4.88. The molecule has 2 atom stereocenters. The second kappa shape index (κ2) is 7.11. The maximum Gasteiger partial charge on any atom is 0.225 e. The number of halogens is 1. The molecule has 0 saturated carbocycles. The highest BCUT2D eigenvalue weighted by Gasteiger charge is 2.22. The van der Waals surface area contributed by atoms with Crippen LogP contribution in [0.5, 0.6) is 0 Å². The van der Waals surface area contributed by atoms with Gasteiger partial charge in [-0.2, -0.15) is 0 Å². The van der Waals surface area contributed by atoms with Crippen molar-refractivity contribution in [1.29, 1.82) is 0 Å². The number of anilines is 2. The minimum Gasteiger partial charge on any atom is -0.397 e. The van der Waals surface area contributed by atoms with Gasteiger partial charge in [0.15, 0.2) is 0 Å². The molecule has 2 rings (SSSR count). The van der Waals surface area contributed by atoms with Crippen molar-refractivity contribution in [3.8, 4) is 0 Å². The van der Waals surface area contributed by atoms with E-state index in [1.807, 2.05) is 0 Å². The average molecular weight is 312 g/mol. The first-order valence-electron chi connectivity index (χ1n) is 7.16. The van der Waals surface area contributed by atoms with E-state index in [-0.39, 0.29) is 18.1 Å². The average Bonchev–Trinajstić information content (AvgIpc) is 2.40. The summed E-state index contributed by atoms with van der Waals surface area (Å²) in [5.41, 5.74) is 6.89. The molecule has 0 bridgehead atoms. The molecule has 0 aromatic heterocycles. The highest BCUT2D eigenvalue weighted by molar-refractivity contribution is 6.31. The van der Waals surface area contributed by atoms with Gasteiger partial charge in [-0.3, -0.25) is 9.69 Å². The van der Waals surface area contributed by atoms with Gasteiger partial charge in [-0.15, -0.1) is 0 Å². The number of nitrogens with zero attached hydrogens (tertiary/aromatic N) is 1. The molecule has 1 heterocycles. The quantitative estimate of drug-likeness (QED) is 0.838. The first kappa shape index (κ1) is 16.1. The third-order valence-corrected chi connectivity index (χ3v) is 3.67. The van der Waals surface area contributed by atoms with Gasteiger partial charge in [0.1, 0.15) is 0 Å². The number of morpholine rings is 1. The summed E-state index contributed by atoms with van der Waals surface area (Å²) in [4.78, 5) is 14.3. The first-order chi connectivity index (χ1) is 9.94. The smallest absolute Gasteiger partial charge is 0.225 e. The lowest BCUT2D eigenvalue weighted by Gasteiger charge is -2.35. The molecule has 5 nitrogen and oxygen atoms in total. The molecule has 1 saturated heterocycles. The molecule has 3 N–H and O–H groups in total. The fourth-order valence-corrected chi connectivity index (χ4v) is 2.75. The fourth-order valence-electron chi connectivity index (χ4n) is 2.58.